The number of para-hydroxylation sites is 2. The maximum Gasteiger partial charge on any atom is 0.161 e. The molecule has 148 valence electrons. The Kier molecular flexibility index (Phi) is 6.08. The van der Waals surface area contributed by atoms with Crippen molar-refractivity contribution in [1.82, 2.24) is 10.3 Å². The summed E-state index contributed by atoms with van der Waals surface area (Å²) in [5.41, 5.74) is 2.40. The molecule has 0 radical (unpaired) electrons. The number of H-pyrrole nitrogens is 1. The van der Waals surface area contributed by atoms with Gasteiger partial charge in [0.25, 0.3) is 0 Å². The van der Waals surface area contributed by atoms with E-state index < -0.39 is 0 Å². The van der Waals surface area contributed by atoms with Gasteiger partial charge in [0.15, 0.2) is 11.5 Å². The molecule has 28 heavy (non-hydrogen) atoms. The molecule has 0 amide bonds. The summed E-state index contributed by atoms with van der Waals surface area (Å²) in [5.74, 6) is 2.40. The number of aromatic amines is 1. The van der Waals surface area contributed by atoms with Gasteiger partial charge in [-0.15, -0.1) is 0 Å². The van der Waals surface area contributed by atoms with Crippen molar-refractivity contribution in [3.05, 3.63) is 59.2 Å². The first kappa shape index (κ1) is 19.2. The van der Waals surface area contributed by atoms with E-state index in [0.717, 1.165) is 47.5 Å². The fourth-order valence-electron chi connectivity index (χ4n) is 3.37. The van der Waals surface area contributed by atoms with Crippen molar-refractivity contribution < 1.29 is 9.47 Å². The van der Waals surface area contributed by atoms with Crippen molar-refractivity contribution >= 4 is 22.5 Å². The van der Waals surface area contributed by atoms with E-state index in [2.05, 4.69) is 23.4 Å². The highest BCUT2D eigenvalue weighted by Crippen LogP contribution is 2.32. The molecule has 0 spiro atoms. The van der Waals surface area contributed by atoms with Gasteiger partial charge < -0.3 is 19.8 Å². The average molecular weight is 399 g/mol. The molecule has 1 aliphatic rings. The number of halogens is 1. The first-order chi connectivity index (χ1) is 13.7. The predicted octanol–water partition coefficient (Wildman–Crippen LogP) is 5.21. The third-order valence-electron chi connectivity index (χ3n) is 5.13. The maximum atomic E-state index is 6.14. The number of hydrogen-bond donors (Lipinski definition) is 2. The summed E-state index contributed by atoms with van der Waals surface area (Å²) in [6, 6.07) is 14.2. The van der Waals surface area contributed by atoms with Crippen LogP contribution in [-0.4, -0.2) is 30.8 Å². The Balaban J connectivity index is 1.24. The van der Waals surface area contributed by atoms with E-state index >= 15 is 0 Å². The minimum atomic E-state index is 0.336. The van der Waals surface area contributed by atoms with Crippen LogP contribution in [0, 0.1) is 5.92 Å². The second-order valence-corrected chi connectivity index (χ2v) is 8.05. The van der Waals surface area contributed by atoms with Crippen LogP contribution in [0.15, 0.2) is 48.7 Å². The Labute approximate surface area is 171 Å². The van der Waals surface area contributed by atoms with Crippen LogP contribution in [0.25, 0.3) is 10.9 Å². The van der Waals surface area contributed by atoms with Crippen LogP contribution in [0.3, 0.4) is 0 Å². The zero-order valence-corrected chi connectivity index (χ0v) is 17.0. The molecule has 4 nitrogen and oxygen atoms in total. The lowest BCUT2D eigenvalue weighted by atomic mass is 10.1. The molecule has 4 rings (SSSR count). The third-order valence-corrected chi connectivity index (χ3v) is 5.36. The number of hydrogen-bond acceptors (Lipinski definition) is 3. The molecule has 1 unspecified atom stereocenters. The van der Waals surface area contributed by atoms with E-state index in [1.54, 1.807) is 0 Å². The standard InChI is InChI=1S/C23H27ClN2O2/c1-16(12-18-14-26-21-9-8-19(24)13-20(18)21)25-10-11-27-22-4-2-3-5-23(22)28-15-17-6-7-17/h2-5,8-9,13-14,16-17,25-26H,6-7,10-12,15H2,1H3. The monoisotopic (exact) mass is 398 g/mol. The Hall–Kier alpha value is -2.17. The van der Waals surface area contributed by atoms with Crippen molar-refractivity contribution in [2.45, 2.75) is 32.2 Å². The Morgan fingerprint density at radius 2 is 1.93 bits per heavy atom. The highest BCUT2D eigenvalue weighted by atomic mass is 35.5. The Bertz CT molecular complexity index is 920. The second-order valence-electron chi connectivity index (χ2n) is 7.61. The minimum Gasteiger partial charge on any atom is -0.489 e. The van der Waals surface area contributed by atoms with E-state index in [1.807, 2.05) is 42.5 Å². The van der Waals surface area contributed by atoms with Gasteiger partial charge in [0.1, 0.15) is 6.61 Å². The highest BCUT2D eigenvalue weighted by molar-refractivity contribution is 6.31. The van der Waals surface area contributed by atoms with Crippen molar-refractivity contribution in [2.75, 3.05) is 19.8 Å². The number of aromatic nitrogens is 1. The first-order valence-electron chi connectivity index (χ1n) is 10.0. The maximum absolute atomic E-state index is 6.14. The molecular formula is C23H27ClN2O2. The molecule has 2 N–H and O–H groups in total. The summed E-state index contributed by atoms with van der Waals surface area (Å²) >= 11 is 6.14. The van der Waals surface area contributed by atoms with E-state index in [9.17, 15) is 0 Å². The SMILES string of the molecule is CC(Cc1c[nH]c2ccc(Cl)cc12)NCCOc1ccccc1OCC1CC1. The Morgan fingerprint density at radius 1 is 1.14 bits per heavy atom. The summed E-state index contributed by atoms with van der Waals surface area (Å²) < 4.78 is 11.9. The van der Waals surface area contributed by atoms with Crippen LogP contribution in [0.4, 0.5) is 0 Å². The minimum absolute atomic E-state index is 0.336. The van der Waals surface area contributed by atoms with Crippen molar-refractivity contribution in [2.24, 2.45) is 5.92 Å². The van der Waals surface area contributed by atoms with Crippen molar-refractivity contribution in [3.8, 4) is 11.5 Å². The normalized spacial score (nSPS) is 14.9. The van der Waals surface area contributed by atoms with E-state index in [0.29, 0.717) is 12.6 Å². The van der Waals surface area contributed by atoms with E-state index in [-0.39, 0.29) is 0 Å². The van der Waals surface area contributed by atoms with E-state index in [1.165, 1.54) is 23.8 Å². The fraction of sp³-hybridized carbons (Fsp3) is 0.391. The number of benzene rings is 2. The smallest absolute Gasteiger partial charge is 0.161 e. The molecule has 1 saturated carbocycles. The van der Waals surface area contributed by atoms with Crippen molar-refractivity contribution in [3.63, 3.8) is 0 Å². The van der Waals surface area contributed by atoms with Gasteiger partial charge in [-0.25, -0.2) is 0 Å². The molecular weight excluding hydrogens is 372 g/mol. The summed E-state index contributed by atoms with van der Waals surface area (Å²) in [7, 11) is 0. The van der Waals surface area contributed by atoms with Gasteiger partial charge in [-0.05, 0) is 68.0 Å². The van der Waals surface area contributed by atoms with Crippen LogP contribution in [0.5, 0.6) is 11.5 Å². The molecule has 1 aromatic heterocycles. The number of ether oxygens (including phenoxy) is 2. The average Bonchev–Trinajstić information content (AvgIpc) is 3.45. The summed E-state index contributed by atoms with van der Waals surface area (Å²) in [5, 5.41) is 5.50. The number of nitrogens with one attached hydrogen (secondary N) is 2. The summed E-state index contributed by atoms with van der Waals surface area (Å²) in [4.78, 5) is 3.31. The molecule has 5 heteroatoms. The van der Waals surface area contributed by atoms with Gasteiger partial charge >= 0.3 is 0 Å². The predicted molar refractivity (Wildman–Crippen MR) is 115 cm³/mol. The fourth-order valence-corrected chi connectivity index (χ4v) is 3.54. The lowest BCUT2D eigenvalue weighted by molar-refractivity contribution is 0.257. The number of rotatable bonds is 10. The first-order valence-corrected chi connectivity index (χ1v) is 10.4. The van der Waals surface area contributed by atoms with Gasteiger partial charge in [-0.2, -0.15) is 0 Å². The lowest BCUT2D eigenvalue weighted by Gasteiger charge is -2.15. The summed E-state index contributed by atoms with van der Waals surface area (Å²) in [6.07, 6.45) is 5.57. The van der Waals surface area contributed by atoms with Gasteiger partial charge in [-0.1, -0.05) is 23.7 Å². The van der Waals surface area contributed by atoms with Crippen molar-refractivity contribution in [1.29, 1.82) is 0 Å². The van der Waals surface area contributed by atoms with Gasteiger partial charge in [0, 0.05) is 34.7 Å². The van der Waals surface area contributed by atoms with Crippen LogP contribution < -0.4 is 14.8 Å². The van der Waals surface area contributed by atoms with Crippen LogP contribution in [0.2, 0.25) is 5.02 Å². The molecule has 0 saturated heterocycles. The second kappa shape index (κ2) is 8.89. The molecule has 1 aliphatic carbocycles. The zero-order valence-electron chi connectivity index (χ0n) is 16.2. The molecule has 0 bridgehead atoms. The highest BCUT2D eigenvalue weighted by Gasteiger charge is 2.22. The molecule has 2 aromatic carbocycles. The van der Waals surface area contributed by atoms with Crippen LogP contribution in [0.1, 0.15) is 25.3 Å². The zero-order chi connectivity index (χ0) is 19.3. The molecule has 1 heterocycles. The largest absolute Gasteiger partial charge is 0.489 e. The van der Waals surface area contributed by atoms with Crippen LogP contribution in [-0.2, 0) is 6.42 Å². The Morgan fingerprint density at radius 3 is 2.71 bits per heavy atom. The van der Waals surface area contributed by atoms with Gasteiger partial charge in [0.2, 0.25) is 0 Å². The quantitative estimate of drug-likeness (QED) is 0.461. The van der Waals surface area contributed by atoms with Gasteiger partial charge in [-0.3, -0.25) is 0 Å². The van der Waals surface area contributed by atoms with Gasteiger partial charge in [0.05, 0.1) is 6.61 Å². The third kappa shape index (κ3) is 5.00. The molecule has 3 aromatic rings. The lowest BCUT2D eigenvalue weighted by Crippen LogP contribution is -2.31. The molecule has 0 aliphatic heterocycles. The van der Waals surface area contributed by atoms with E-state index in [4.69, 9.17) is 21.1 Å². The topological polar surface area (TPSA) is 46.3 Å². The molecule has 1 fully saturated rings. The molecule has 1 atom stereocenters. The van der Waals surface area contributed by atoms with Crippen LogP contribution >= 0.6 is 11.6 Å². The summed E-state index contributed by atoms with van der Waals surface area (Å²) in [6.45, 7) is 4.37. The number of fused-ring (bicyclic) bond motifs is 1.